The van der Waals surface area contributed by atoms with E-state index in [1.54, 1.807) is 4.90 Å². The minimum atomic E-state index is -4.80. The molecule has 0 bridgehead atoms. The summed E-state index contributed by atoms with van der Waals surface area (Å²) in [6.45, 7) is 0.0515. The Hall–Kier alpha value is -2.28. The van der Waals surface area contributed by atoms with Crippen LogP contribution in [0, 0.1) is 11.6 Å². The first-order valence-electron chi connectivity index (χ1n) is 9.22. The highest BCUT2D eigenvalue weighted by atomic mass is 35.5. The summed E-state index contributed by atoms with van der Waals surface area (Å²) >= 11 is 5.55. The number of hydrogen-bond donors (Lipinski definition) is 1. The third kappa shape index (κ3) is 5.55. The third-order valence-corrected chi connectivity index (χ3v) is 7.01. The quantitative estimate of drug-likeness (QED) is 0.641. The van der Waals surface area contributed by atoms with Gasteiger partial charge in [0, 0.05) is 37.9 Å². The molecule has 0 aliphatic carbocycles. The number of rotatable bonds is 5. The molecule has 1 fully saturated rings. The van der Waals surface area contributed by atoms with Crippen LogP contribution < -0.4 is 5.32 Å². The Bertz CT molecular complexity index is 1120. The molecule has 1 aliphatic heterocycles. The smallest absolute Gasteiger partial charge is 0.325 e. The lowest BCUT2D eigenvalue weighted by Gasteiger charge is -2.33. The number of alkyl halides is 3. The zero-order valence-electron chi connectivity index (χ0n) is 16.3. The second-order valence-corrected chi connectivity index (χ2v) is 9.34. The summed E-state index contributed by atoms with van der Waals surface area (Å²) in [5.41, 5.74) is -1.17. The number of carbonyl (C=O) groups excluding carboxylic acids is 1. The standard InChI is InChI=1S/C19H17ClF5N3O3S/c20-15-3-2-13(10-14(15)19(23,24)25)32(30,31)28-7-5-27(6-8-28)11-18(29)26-12-1-4-16(21)17(22)9-12/h1-4,9-10H,5-8,11H2,(H,26,29). The van der Waals surface area contributed by atoms with Crippen LogP contribution in [0.4, 0.5) is 27.6 Å². The van der Waals surface area contributed by atoms with Crippen LogP contribution in [-0.4, -0.2) is 56.3 Å². The highest BCUT2D eigenvalue weighted by Crippen LogP contribution is 2.36. The fourth-order valence-electron chi connectivity index (χ4n) is 3.14. The first kappa shape index (κ1) is 24.4. The molecule has 32 heavy (non-hydrogen) atoms. The zero-order chi connectivity index (χ0) is 23.7. The molecule has 1 aliphatic rings. The summed E-state index contributed by atoms with van der Waals surface area (Å²) in [5.74, 6) is -2.68. The molecule has 3 rings (SSSR count). The molecule has 6 nitrogen and oxygen atoms in total. The van der Waals surface area contributed by atoms with Gasteiger partial charge >= 0.3 is 6.18 Å². The van der Waals surface area contributed by atoms with Crippen molar-refractivity contribution >= 4 is 33.2 Å². The molecule has 174 valence electrons. The number of benzene rings is 2. The highest BCUT2D eigenvalue weighted by Gasteiger charge is 2.36. The molecule has 0 spiro atoms. The predicted molar refractivity (Wildman–Crippen MR) is 107 cm³/mol. The summed E-state index contributed by atoms with van der Waals surface area (Å²) in [6, 6.07) is 5.29. The number of amides is 1. The number of hydrogen-bond acceptors (Lipinski definition) is 4. The lowest BCUT2D eigenvalue weighted by atomic mass is 10.2. The van der Waals surface area contributed by atoms with Crippen molar-refractivity contribution in [1.82, 2.24) is 9.21 Å². The number of piperazine rings is 1. The molecule has 2 aromatic rings. The normalized spacial score (nSPS) is 16.2. The fraction of sp³-hybridized carbons (Fsp3) is 0.316. The molecule has 1 saturated heterocycles. The lowest BCUT2D eigenvalue weighted by molar-refractivity contribution is -0.137. The van der Waals surface area contributed by atoms with Crippen LogP contribution >= 0.6 is 11.6 Å². The molecule has 0 atom stereocenters. The number of nitrogens with zero attached hydrogens (tertiary/aromatic N) is 2. The molecule has 0 saturated carbocycles. The van der Waals surface area contributed by atoms with E-state index in [-0.39, 0.29) is 38.4 Å². The van der Waals surface area contributed by atoms with Crippen LogP contribution in [-0.2, 0) is 21.0 Å². The van der Waals surface area contributed by atoms with Gasteiger partial charge in [-0.05, 0) is 30.3 Å². The van der Waals surface area contributed by atoms with Gasteiger partial charge in [-0.15, -0.1) is 0 Å². The minimum absolute atomic E-state index is 0.0508. The van der Waals surface area contributed by atoms with Crippen molar-refractivity contribution in [3.8, 4) is 0 Å². The van der Waals surface area contributed by atoms with Gasteiger partial charge < -0.3 is 5.32 Å². The van der Waals surface area contributed by atoms with Crippen LogP contribution in [0.3, 0.4) is 0 Å². The maximum atomic E-state index is 13.2. The van der Waals surface area contributed by atoms with E-state index in [1.807, 2.05) is 0 Å². The molecule has 2 aromatic carbocycles. The monoisotopic (exact) mass is 497 g/mol. The molecule has 1 heterocycles. The van der Waals surface area contributed by atoms with Crippen LogP contribution in [0.1, 0.15) is 5.56 Å². The van der Waals surface area contributed by atoms with Gasteiger partial charge in [0.25, 0.3) is 0 Å². The van der Waals surface area contributed by atoms with Gasteiger partial charge in [0.15, 0.2) is 11.6 Å². The predicted octanol–water partition coefficient (Wildman–Crippen LogP) is 3.58. The van der Waals surface area contributed by atoms with Crippen molar-refractivity contribution < 1.29 is 35.2 Å². The number of carbonyl (C=O) groups is 1. The molecule has 1 amide bonds. The Morgan fingerprint density at radius 3 is 2.25 bits per heavy atom. The first-order chi connectivity index (χ1) is 14.9. The van der Waals surface area contributed by atoms with Gasteiger partial charge in [0.1, 0.15) is 0 Å². The molecule has 0 unspecified atom stereocenters. The van der Waals surface area contributed by atoms with Crippen molar-refractivity contribution in [2.75, 3.05) is 38.0 Å². The van der Waals surface area contributed by atoms with Gasteiger partial charge in [-0.2, -0.15) is 17.5 Å². The average Bonchev–Trinajstić information content (AvgIpc) is 2.70. The number of anilines is 1. The SMILES string of the molecule is O=C(CN1CCN(S(=O)(=O)c2ccc(Cl)c(C(F)(F)F)c2)CC1)Nc1ccc(F)c(F)c1. The maximum absolute atomic E-state index is 13.2. The lowest BCUT2D eigenvalue weighted by Crippen LogP contribution is -2.50. The van der Waals surface area contributed by atoms with Crippen LogP contribution in [0.5, 0.6) is 0 Å². The summed E-state index contributed by atoms with van der Waals surface area (Å²) in [6.07, 6.45) is -4.80. The van der Waals surface area contributed by atoms with Crippen LogP contribution in [0.2, 0.25) is 5.02 Å². The van der Waals surface area contributed by atoms with Crippen LogP contribution in [0.15, 0.2) is 41.3 Å². The summed E-state index contributed by atoms with van der Waals surface area (Å²) in [4.78, 5) is 13.2. The zero-order valence-corrected chi connectivity index (χ0v) is 17.9. The molecular weight excluding hydrogens is 481 g/mol. The van der Waals surface area contributed by atoms with E-state index in [2.05, 4.69) is 5.32 Å². The average molecular weight is 498 g/mol. The van der Waals surface area contributed by atoms with Gasteiger partial charge in [-0.1, -0.05) is 11.6 Å². The van der Waals surface area contributed by atoms with Gasteiger partial charge in [0.2, 0.25) is 15.9 Å². The molecule has 13 heteroatoms. The van der Waals surface area contributed by atoms with Gasteiger partial charge in [0.05, 0.1) is 22.0 Å². The van der Waals surface area contributed by atoms with Crippen molar-refractivity contribution in [2.24, 2.45) is 0 Å². The largest absolute Gasteiger partial charge is 0.417 e. The van der Waals surface area contributed by atoms with E-state index in [0.717, 1.165) is 28.6 Å². The van der Waals surface area contributed by atoms with Crippen LogP contribution in [0.25, 0.3) is 0 Å². The third-order valence-electron chi connectivity index (χ3n) is 4.78. The second-order valence-electron chi connectivity index (χ2n) is 7.00. The Balaban J connectivity index is 1.61. The number of nitrogens with one attached hydrogen (secondary N) is 1. The van der Waals surface area contributed by atoms with E-state index < -0.39 is 49.2 Å². The van der Waals surface area contributed by atoms with Crippen molar-refractivity contribution in [2.45, 2.75) is 11.1 Å². The van der Waals surface area contributed by atoms with Crippen molar-refractivity contribution in [3.05, 3.63) is 58.6 Å². The molecular formula is C19H17ClF5N3O3S. The van der Waals surface area contributed by atoms with E-state index in [4.69, 9.17) is 11.6 Å². The van der Waals surface area contributed by atoms with Gasteiger partial charge in [-0.25, -0.2) is 17.2 Å². The first-order valence-corrected chi connectivity index (χ1v) is 11.0. The van der Waals surface area contributed by atoms with E-state index >= 15 is 0 Å². The summed E-state index contributed by atoms with van der Waals surface area (Å²) in [5, 5.41) is 1.81. The highest BCUT2D eigenvalue weighted by molar-refractivity contribution is 7.89. The minimum Gasteiger partial charge on any atom is -0.325 e. The number of sulfonamides is 1. The van der Waals surface area contributed by atoms with Gasteiger partial charge in [-0.3, -0.25) is 9.69 Å². The summed E-state index contributed by atoms with van der Waals surface area (Å²) < 4.78 is 91.9. The topological polar surface area (TPSA) is 69.7 Å². The molecule has 0 aromatic heterocycles. The number of halogens is 6. The van der Waals surface area contributed by atoms with E-state index in [9.17, 15) is 35.2 Å². The van der Waals surface area contributed by atoms with E-state index in [0.29, 0.717) is 6.07 Å². The Kier molecular flexibility index (Phi) is 7.08. The Morgan fingerprint density at radius 2 is 1.66 bits per heavy atom. The Labute approximate surface area is 185 Å². The van der Waals surface area contributed by atoms with Crippen molar-refractivity contribution in [3.63, 3.8) is 0 Å². The van der Waals surface area contributed by atoms with E-state index in [1.165, 1.54) is 6.07 Å². The fourth-order valence-corrected chi connectivity index (χ4v) is 4.81. The molecule has 1 N–H and O–H groups in total. The van der Waals surface area contributed by atoms with Crippen molar-refractivity contribution in [1.29, 1.82) is 0 Å². The second kappa shape index (κ2) is 9.30. The Morgan fingerprint density at radius 1 is 1.00 bits per heavy atom. The molecule has 0 radical (unpaired) electrons. The maximum Gasteiger partial charge on any atom is 0.417 e. The summed E-state index contributed by atoms with van der Waals surface area (Å²) in [7, 11) is -4.20.